The van der Waals surface area contributed by atoms with E-state index in [4.69, 9.17) is 28.4 Å². The van der Waals surface area contributed by atoms with Gasteiger partial charge in [0.2, 0.25) is 0 Å². The van der Waals surface area contributed by atoms with Crippen LogP contribution in [0.1, 0.15) is 11.1 Å². The highest BCUT2D eigenvalue weighted by Gasteiger charge is 2.26. The standard InChI is InChI=1S/C44H44N2O6/c1-29-23-31(19-21-37(29)45(33-15-11-9-12-16-33)43-39(49-5)25-35(47-3)26-40(43)50-6)32-20-22-38(30(2)24-32)46(34-17-13-10-14-18-34)44-41(51-7)27-36(48-4)28-42(44)52-8/h9-28H,1-8H3. The lowest BCUT2D eigenvalue weighted by atomic mass is 9.98. The quantitative estimate of drug-likeness (QED) is 0.118. The number of ether oxygens (including phenoxy) is 6. The van der Waals surface area contributed by atoms with Gasteiger partial charge in [-0.25, -0.2) is 0 Å². The van der Waals surface area contributed by atoms with Crippen molar-refractivity contribution in [1.29, 1.82) is 0 Å². The number of benzene rings is 6. The number of anilines is 6. The summed E-state index contributed by atoms with van der Waals surface area (Å²) in [5, 5.41) is 0. The van der Waals surface area contributed by atoms with Gasteiger partial charge in [-0.2, -0.15) is 0 Å². The second kappa shape index (κ2) is 15.7. The molecule has 266 valence electrons. The van der Waals surface area contributed by atoms with Crippen LogP contribution in [0.3, 0.4) is 0 Å². The molecule has 0 saturated carbocycles. The van der Waals surface area contributed by atoms with Gasteiger partial charge in [0.1, 0.15) is 45.9 Å². The smallest absolute Gasteiger partial charge is 0.150 e. The molecule has 0 radical (unpaired) electrons. The first-order valence-corrected chi connectivity index (χ1v) is 16.9. The maximum absolute atomic E-state index is 5.91. The fourth-order valence-electron chi connectivity index (χ4n) is 6.52. The molecule has 0 bridgehead atoms. The lowest BCUT2D eigenvalue weighted by molar-refractivity contribution is 0.376. The predicted molar refractivity (Wildman–Crippen MR) is 210 cm³/mol. The van der Waals surface area contributed by atoms with Crippen LogP contribution in [0.5, 0.6) is 34.5 Å². The van der Waals surface area contributed by atoms with E-state index in [1.54, 1.807) is 42.7 Å². The summed E-state index contributed by atoms with van der Waals surface area (Å²) in [6, 6.07) is 40.9. The molecule has 0 heterocycles. The Morgan fingerprint density at radius 1 is 0.365 bits per heavy atom. The van der Waals surface area contributed by atoms with Crippen molar-refractivity contribution in [2.24, 2.45) is 0 Å². The summed E-state index contributed by atoms with van der Waals surface area (Å²) in [6.45, 7) is 4.25. The van der Waals surface area contributed by atoms with Gasteiger partial charge >= 0.3 is 0 Å². The molecule has 6 aromatic rings. The number of rotatable bonds is 13. The van der Waals surface area contributed by atoms with Gasteiger partial charge in [0.05, 0.1) is 42.7 Å². The van der Waals surface area contributed by atoms with E-state index in [-0.39, 0.29) is 0 Å². The number of aryl methyl sites for hydroxylation is 2. The Bertz CT molecular complexity index is 1950. The lowest BCUT2D eigenvalue weighted by Crippen LogP contribution is -2.14. The molecular weight excluding hydrogens is 652 g/mol. The zero-order valence-electron chi connectivity index (χ0n) is 30.9. The van der Waals surface area contributed by atoms with Gasteiger partial charge in [0, 0.05) is 47.0 Å². The first kappa shape index (κ1) is 35.5. The number of hydrogen-bond donors (Lipinski definition) is 0. The molecule has 0 aliphatic carbocycles. The van der Waals surface area contributed by atoms with Crippen molar-refractivity contribution < 1.29 is 28.4 Å². The van der Waals surface area contributed by atoms with Gasteiger partial charge in [-0.15, -0.1) is 0 Å². The second-order valence-corrected chi connectivity index (χ2v) is 12.1. The average molecular weight is 697 g/mol. The zero-order chi connectivity index (χ0) is 36.8. The molecule has 0 amide bonds. The molecule has 0 N–H and O–H groups in total. The number of methoxy groups -OCH3 is 6. The van der Waals surface area contributed by atoms with Crippen LogP contribution in [0.4, 0.5) is 34.1 Å². The van der Waals surface area contributed by atoms with E-state index in [0.29, 0.717) is 34.5 Å². The van der Waals surface area contributed by atoms with E-state index in [2.05, 4.69) is 84.3 Å². The highest BCUT2D eigenvalue weighted by Crippen LogP contribution is 2.51. The van der Waals surface area contributed by atoms with E-state index < -0.39 is 0 Å². The zero-order valence-corrected chi connectivity index (χ0v) is 30.9. The summed E-state index contributed by atoms with van der Waals surface area (Å²) in [5.74, 6) is 3.80. The molecule has 0 atom stereocenters. The van der Waals surface area contributed by atoms with Gasteiger partial charge < -0.3 is 38.2 Å². The van der Waals surface area contributed by atoms with Crippen LogP contribution >= 0.6 is 0 Å². The third kappa shape index (κ3) is 6.88. The largest absolute Gasteiger partial charge is 0.496 e. The highest BCUT2D eigenvalue weighted by atomic mass is 16.5. The van der Waals surface area contributed by atoms with Crippen LogP contribution in [0.15, 0.2) is 121 Å². The van der Waals surface area contributed by atoms with Crippen molar-refractivity contribution in [3.8, 4) is 45.6 Å². The van der Waals surface area contributed by atoms with E-state index >= 15 is 0 Å². The lowest BCUT2D eigenvalue weighted by Gasteiger charge is -2.30. The molecule has 8 heteroatoms. The van der Waals surface area contributed by atoms with Crippen molar-refractivity contribution in [3.63, 3.8) is 0 Å². The Morgan fingerprint density at radius 3 is 0.962 bits per heavy atom. The number of nitrogens with zero attached hydrogens (tertiary/aromatic N) is 2. The van der Waals surface area contributed by atoms with Crippen LogP contribution in [0.25, 0.3) is 11.1 Å². The predicted octanol–water partition coefficient (Wildman–Crippen LogP) is 11.0. The summed E-state index contributed by atoms with van der Waals surface area (Å²) >= 11 is 0. The third-order valence-corrected chi connectivity index (χ3v) is 9.06. The fraction of sp³-hybridized carbons (Fsp3) is 0.182. The van der Waals surface area contributed by atoms with Gasteiger partial charge in [0.15, 0.2) is 0 Å². The van der Waals surface area contributed by atoms with Crippen molar-refractivity contribution in [1.82, 2.24) is 0 Å². The maximum atomic E-state index is 5.91. The first-order valence-electron chi connectivity index (χ1n) is 16.9. The summed E-state index contributed by atoms with van der Waals surface area (Å²) in [4.78, 5) is 4.33. The third-order valence-electron chi connectivity index (χ3n) is 9.06. The molecule has 52 heavy (non-hydrogen) atoms. The molecule has 0 fully saturated rings. The minimum Gasteiger partial charge on any atom is -0.496 e. The van der Waals surface area contributed by atoms with Crippen molar-refractivity contribution in [2.45, 2.75) is 13.8 Å². The Labute approximate surface area is 306 Å². The van der Waals surface area contributed by atoms with Gasteiger partial charge in [0.25, 0.3) is 0 Å². The Hall–Kier alpha value is -6.28. The van der Waals surface area contributed by atoms with Crippen LogP contribution in [0.2, 0.25) is 0 Å². The maximum Gasteiger partial charge on any atom is 0.150 e. The summed E-state index contributed by atoms with van der Waals surface area (Å²) in [6.07, 6.45) is 0. The minimum atomic E-state index is 0.628. The van der Waals surface area contributed by atoms with Crippen molar-refractivity contribution >= 4 is 34.1 Å². The molecule has 6 aromatic carbocycles. The van der Waals surface area contributed by atoms with Crippen LogP contribution in [0, 0.1) is 13.8 Å². The first-order chi connectivity index (χ1) is 25.3. The molecule has 8 nitrogen and oxygen atoms in total. The summed E-state index contributed by atoms with van der Waals surface area (Å²) < 4.78 is 34.7. The Morgan fingerprint density at radius 2 is 0.692 bits per heavy atom. The highest BCUT2D eigenvalue weighted by molar-refractivity contribution is 5.89. The minimum absolute atomic E-state index is 0.628. The van der Waals surface area contributed by atoms with E-state index in [9.17, 15) is 0 Å². The SMILES string of the molecule is COc1cc(OC)c(N(c2ccccc2)c2ccc(-c3ccc(N(c4ccccc4)c4c(OC)cc(OC)cc4OC)c(C)c3)cc2C)c(OC)c1. The van der Waals surface area contributed by atoms with Crippen molar-refractivity contribution in [3.05, 3.63) is 132 Å². The van der Waals surface area contributed by atoms with Gasteiger partial charge in [-0.1, -0.05) is 48.5 Å². The molecule has 0 aromatic heterocycles. The normalized spacial score (nSPS) is 10.7. The second-order valence-electron chi connectivity index (χ2n) is 12.1. The van der Waals surface area contributed by atoms with Crippen LogP contribution < -0.4 is 38.2 Å². The van der Waals surface area contributed by atoms with E-state index in [1.165, 1.54) is 0 Å². The molecular formula is C44H44N2O6. The van der Waals surface area contributed by atoms with Crippen LogP contribution in [-0.2, 0) is 0 Å². The molecule has 0 spiro atoms. The van der Waals surface area contributed by atoms with Gasteiger partial charge in [-0.05, 0) is 84.6 Å². The van der Waals surface area contributed by atoms with Crippen LogP contribution in [-0.4, -0.2) is 42.7 Å². The van der Waals surface area contributed by atoms with Gasteiger partial charge in [-0.3, -0.25) is 0 Å². The average Bonchev–Trinajstić information content (AvgIpc) is 3.19. The fourth-order valence-corrected chi connectivity index (χ4v) is 6.52. The molecule has 0 aliphatic rings. The monoisotopic (exact) mass is 696 g/mol. The number of para-hydroxylation sites is 2. The van der Waals surface area contributed by atoms with E-state index in [1.807, 2.05) is 60.7 Å². The summed E-state index contributed by atoms with van der Waals surface area (Å²) in [5.41, 5.74) is 9.77. The topological polar surface area (TPSA) is 61.9 Å². The van der Waals surface area contributed by atoms with E-state index in [0.717, 1.165) is 56.4 Å². The molecule has 0 unspecified atom stereocenters. The molecule has 0 aliphatic heterocycles. The molecule has 0 saturated heterocycles. The molecule has 6 rings (SSSR count). The Balaban J connectivity index is 1.46. The van der Waals surface area contributed by atoms with Crippen molar-refractivity contribution in [2.75, 3.05) is 52.5 Å². The summed E-state index contributed by atoms with van der Waals surface area (Å²) in [7, 11) is 9.88. The number of hydrogen-bond acceptors (Lipinski definition) is 8. The Kier molecular flexibility index (Phi) is 10.8.